The van der Waals surface area contributed by atoms with E-state index in [0.29, 0.717) is 0 Å². The topological polar surface area (TPSA) is 4.93 Å². The lowest BCUT2D eigenvalue weighted by Crippen LogP contribution is -2.16. The molecule has 56 heavy (non-hydrogen) atoms. The van der Waals surface area contributed by atoms with Crippen LogP contribution in [0.25, 0.3) is 97.2 Å². The summed E-state index contributed by atoms with van der Waals surface area (Å²) < 4.78 is 6.60. The van der Waals surface area contributed by atoms with Crippen molar-refractivity contribution in [3.05, 3.63) is 167 Å². The number of rotatable bonds is 3. The zero-order chi connectivity index (χ0) is 37.7. The lowest BCUT2D eigenvalue weighted by molar-refractivity contribution is 0.665. The van der Waals surface area contributed by atoms with Gasteiger partial charge in [-0.05, 0) is 124 Å². The van der Waals surface area contributed by atoms with E-state index < -0.39 is 0 Å². The van der Waals surface area contributed by atoms with Crippen LogP contribution in [-0.4, -0.2) is 4.57 Å². The molecule has 10 aromatic rings. The van der Waals surface area contributed by atoms with Crippen LogP contribution in [0.1, 0.15) is 55.7 Å². The summed E-state index contributed by atoms with van der Waals surface area (Å²) in [5.41, 5.74) is 15.6. The van der Waals surface area contributed by atoms with E-state index in [2.05, 4.69) is 170 Å². The molecule has 12 rings (SSSR count). The number of fused-ring (bicyclic) bond motifs is 13. The predicted octanol–water partition coefficient (Wildman–Crippen LogP) is 16.0. The Kier molecular flexibility index (Phi) is 7.58. The Balaban J connectivity index is 0.00000179. The van der Waals surface area contributed by atoms with E-state index in [1.807, 2.05) is 36.5 Å². The van der Waals surface area contributed by atoms with Crippen LogP contribution >= 0.6 is 22.7 Å². The molecule has 0 N–H and O–H groups in total. The number of allylic oxidation sites excluding steroid dienone is 1. The van der Waals surface area contributed by atoms with Crippen molar-refractivity contribution in [2.75, 3.05) is 0 Å². The maximum Gasteiger partial charge on any atom is 0.0541 e. The van der Waals surface area contributed by atoms with Crippen molar-refractivity contribution in [2.24, 2.45) is 0 Å². The second-order valence-corrected chi connectivity index (χ2v) is 17.8. The van der Waals surface area contributed by atoms with E-state index in [0.717, 1.165) is 12.8 Å². The zero-order valence-corrected chi connectivity index (χ0v) is 33.7. The van der Waals surface area contributed by atoms with E-state index in [-0.39, 0.29) is 5.41 Å². The van der Waals surface area contributed by atoms with Crippen LogP contribution < -0.4 is 0 Å². The average Bonchev–Trinajstić information content (AvgIpc) is 3.97. The molecule has 3 heteroatoms. The first-order valence-electron chi connectivity index (χ1n) is 20.0. The normalized spacial score (nSPS) is 14.0. The molecule has 7 aromatic carbocycles. The van der Waals surface area contributed by atoms with Gasteiger partial charge >= 0.3 is 0 Å². The SMILES string of the molecule is CC.CC1(C)c2cc(-n3c4ccc(-c5ccccc5)cc4c4cc(-c5ccc6sc7ccccc7c6c5)ccc43)ccc2-c2ccc3sc4c(c3c21)C=CCC4. The molecular weight excluding hydrogens is 715 g/mol. The summed E-state index contributed by atoms with van der Waals surface area (Å²) in [4.78, 5) is 1.54. The lowest BCUT2D eigenvalue weighted by Gasteiger charge is -2.24. The third-order valence-electron chi connectivity index (χ3n) is 12.2. The molecule has 3 aromatic heterocycles. The van der Waals surface area contributed by atoms with Crippen LogP contribution in [0.2, 0.25) is 0 Å². The van der Waals surface area contributed by atoms with Gasteiger partial charge in [0.25, 0.3) is 0 Å². The highest BCUT2D eigenvalue weighted by atomic mass is 32.1. The van der Waals surface area contributed by atoms with Crippen molar-refractivity contribution in [1.82, 2.24) is 4.57 Å². The fourth-order valence-electron chi connectivity index (χ4n) is 9.67. The summed E-state index contributed by atoms with van der Waals surface area (Å²) in [5.74, 6) is 0. The van der Waals surface area contributed by atoms with Gasteiger partial charge in [0, 0.05) is 57.0 Å². The second kappa shape index (κ2) is 12.6. The van der Waals surface area contributed by atoms with E-state index in [1.165, 1.54) is 113 Å². The molecule has 0 aliphatic heterocycles. The maximum atomic E-state index is 2.50. The second-order valence-electron chi connectivity index (χ2n) is 15.6. The summed E-state index contributed by atoms with van der Waals surface area (Å²) >= 11 is 3.87. The first-order valence-corrected chi connectivity index (χ1v) is 21.6. The molecule has 0 amide bonds. The predicted molar refractivity (Wildman–Crippen MR) is 246 cm³/mol. The molecule has 3 heterocycles. The fraction of sp³-hybridized carbons (Fsp3) is 0.132. The van der Waals surface area contributed by atoms with Crippen LogP contribution in [0.15, 0.2) is 146 Å². The van der Waals surface area contributed by atoms with Crippen molar-refractivity contribution >= 4 is 80.8 Å². The minimum absolute atomic E-state index is 0.128. The zero-order valence-electron chi connectivity index (χ0n) is 32.1. The van der Waals surface area contributed by atoms with Gasteiger partial charge < -0.3 is 4.57 Å². The summed E-state index contributed by atoms with van der Waals surface area (Å²) in [7, 11) is 0. The van der Waals surface area contributed by atoms with Crippen molar-refractivity contribution in [3.63, 3.8) is 0 Å². The number of nitrogens with zero attached hydrogens (tertiary/aromatic N) is 1. The summed E-state index contributed by atoms with van der Waals surface area (Å²) in [6, 6.07) is 52.7. The quantitative estimate of drug-likeness (QED) is 0.169. The van der Waals surface area contributed by atoms with Crippen molar-refractivity contribution < 1.29 is 0 Å². The highest BCUT2D eigenvalue weighted by Gasteiger charge is 2.38. The van der Waals surface area contributed by atoms with Crippen molar-refractivity contribution in [3.8, 4) is 39.1 Å². The number of aryl methyl sites for hydroxylation is 1. The van der Waals surface area contributed by atoms with Crippen molar-refractivity contribution in [2.45, 2.75) is 46.0 Å². The van der Waals surface area contributed by atoms with Gasteiger partial charge in [0.2, 0.25) is 0 Å². The van der Waals surface area contributed by atoms with Gasteiger partial charge in [0.15, 0.2) is 0 Å². The molecule has 1 nitrogen and oxygen atoms in total. The first kappa shape index (κ1) is 33.6. The third kappa shape index (κ3) is 4.84. The molecule has 0 radical (unpaired) electrons. The summed E-state index contributed by atoms with van der Waals surface area (Å²) in [5, 5.41) is 6.69. The third-order valence-corrected chi connectivity index (χ3v) is 14.6. The van der Waals surface area contributed by atoms with Crippen LogP contribution in [0.5, 0.6) is 0 Å². The van der Waals surface area contributed by atoms with Crippen LogP contribution in [0.3, 0.4) is 0 Å². The lowest BCUT2D eigenvalue weighted by atomic mass is 9.80. The highest BCUT2D eigenvalue weighted by Crippen LogP contribution is 2.54. The van der Waals surface area contributed by atoms with Crippen LogP contribution in [-0.2, 0) is 11.8 Å². The number of aromatic nitrogens is 1. The minimum atomic E-state index is -0.128. The fourth-order valence-corrected chi connectivity index (χ4v) is 12.0. The molecule has 0 atom stereocenters. The average molecular weight is 756 g/mol. The molecule has 0 spiro atoms. The summed E-state index contributed by atoms with van der Waals surface area (Å²) in [6.07, 6.45) is 7.04. The highest BCUT2D eigenvalue weighted by molar-refractivity contribution is 7.25. The number of thiophene rings is 2. The molecule has 0 saturated heterocycles. The van der Waals surface area contributed by atoms with Gasteiger partial charge in [-0.3, -0.25) is 0 Å². The Morgan fingerprint density at radius 1 is 0.536 bits per heavy atom. The molecule has 0 unspecified atom stereocenters. The molecule has 0 fully saturated rings. The maximum absolute atomic E-state index is 2.50. The van der Waals surface area contributed by atoms with Gasteiger partial charge in [-0.2, -0.15) is 0 Å². The standard InChI is InChI=1S/C51H35NS2.C2H6/c1-51(2)42-29-34(19-20-35(42)37-21-25-48-49(50(37)51)38-13-7-9-15-46(38)54-48)52-43-22-16-31(30-10-4-3-5-11-30)26-39(43)40-27-32(17-23-44(40)52)33-18-24-47-41(28-33)36-12-6-8-14-45(36)53-47;1-2/h3-8,10-14,16-29H,9,15H2,1-2H3;1-2H3. The van der Waals surface area contributed by atoms with Gasteiger partial charge in [0.1, 0.15) is 0 Å². The van der Waals surface area contributed by atoms with E-state index >= 15 is 0 Å². The Hall–Kier alpha value is -5.74. The molecule has 0 saturated carbocycles. The molecular formula is C53H41NS2. The van der Waals surface area contributed by atoms with E-state index in [1.54, 1.807) is 0 Å². The Bertz CT molecular complexity index is 3240. The molecule has 0 bridgehead atoms. The van der Waals surface area contributed by atoms with Crippen molar-refractivity contribution in [1.29, 1.82) is 0 Å². The van der Waals surface area contributed by atoms with Gasteiger partial charge in [-0.1, -0.05) is 119 Å². The first-order chi connectivity index (χ1) is 27.5. The Morgan fingerprint density at radius 3 is 1.96 bits per heavy atom. The monoisotopic (exact) mass is 755 g/mol. The molecule has 270 valence electrons. The van der Waals surface area contributed by atoms with Gasteiger partial charge in [0.05, 0.1) is 11.0 Å². The molecule has 2 aliphatic rings. The Labute approximate surface area is 335 Å². The van der Waals surface area contributed by atoms with Gasteiger partial charge in [-0.25, -0.2) is 0 Å². The number of benzene rings is 7. The smallest absolute Gasteiger partial charge is 0.0541 e. The number of hydrogen-bond donors (Lipinski definition) is 0. The van der Waals surface area contributed by atoms with Crippen LogP contribution in [0, 0.1) is 0 Å². The summed E-state index contributed by atoms with van der Waals surface area (Å²) in [6.45, 7) is 8.88. The Morgan fingerprint density at radius 2 is 1.18 bits per heavy atom. The number of hydrogen-bond acceptors (Lipinski definition) is 2. The largest absolute Gasteiger partial charge is 0.309 e. The van der Waals surface area contributed by atoms with E-state index in [4.69, 9.17) is 0 Å². The molecule has 2 aliphatic carbocycles. The van der Waals surface area contributed by atoms with E-state index in [9.17, 15) is 0 Å². The minimum Gasteiger partial charge on any atom is -0.309 e. The van der Waals surface area contributed by atoms with Gasteiger partial charge in [-0.15, -0.1) is 22.7 Å². The van der Waals surface area contributed by atoms with Crippen LogP contribution in [0.4, 0.5) is 0 Å².